The molecule has 0 bridgehead atoms. The predicted molar refractivity (Wildman–Crippen MR) is 58.5 cm³/mol. The van der Waals surface area contributed by atoms with Gasteiger partial charge < -0.3 is 9.47 Å². The quantitative estimate of drug-likeness (QED) is 0.769. The van der Waals surface area contributed by atoms with E-state index in [1.165, 1.54) is 13.2 Å². The van der Waals surface area contributed by atoms with Gasteiger partial charge in [0, 0.05) is 5.02 Å². The highest BCUT2D eigenvalue weighted by atomic mass is 35.5. The zero-order chi connectivity index (χ0) is 12.3. The van der Waals surface area contributed by atoms with Crippen LogP contribution in [0.4, 0.5) is 4.39 Å². The molecule has 0 aliphatic carbocycles. The third kappa shape index (κ3) is 2.85. The van der Waals surface area contributed by atoms with Crippen LogP contribution in [0.1, 0.15) is 24.2 Å². The number of carbonyl (C=O) groups excluding carboxylic acids is 1. The molecule has 0 saturated carbocycles. The normalized spacial score (nSPS) is 10.4. The van der Waals surface area contributed by atoms with Crippen LogP contribution in [0.15, 0.2) is 12.1 Å². The van der Waals surface area contributed by atoms with Crippen molar-refractivity contribution in [2.45, 2.75) is 20.0 Å². The Morgan fingerprint density at radius 2 is 2.06 bits per heavy atom. The summed E-state index contributed by atoms with van der Waals surface area (Å²) in [5.74, 6) is -1.50. The molecular formula is C11H12ClFO3. The second-order valence-electron chi connectivity index (χ2n) is 3.42. The van der Waals surface area contributed by atoms with Crippen molar-refractivity contribution >= 4 is 17.6 Å². The fraction of sp³-hybridized carbons (Fsp3) is 0.364. The minimum absolute atomic E-state index is 0.0128. The van der Waals surface area contributed by atoms with E-state index < -0.39 is 11.8 Å². The molecule has 1 aromatic rings. The molecular weight excluding hydrogens is 235 g/mol. The first-order valence-electron chi connectivity index (χ1n) is 4.69. The SMILES string of the molecule is COC(=O)c1cc(Cl)cc(F)c1OC(C)C. The van der Waals surface area contributed by atoms with Crippen molar-refractivity contribution in [3.05, 3.63) is 28.5 Å². The van der Waals surface area contributed by atoms with Crippen molar-refractivity contribution in [2.24, 2.45) is 0 Å². The lowest BCUT2D eigenvalue weighted by Crippen LogP contribution is -2.12. The van der Waals surface area contributed by atoms with E-state index >= 15 is 0 Å². The Kier molecular flexibility index (Phi) is 4.12. The largest absolute Gasteiger partial charge is 0.487 e. The molecule has 3 nitrogen and oxygen atoms in total. The Morgan fingerprint density at radius 1 is 1.44 bits per heavy atom. The van der Waals surface area contributed by atoms with Crippen LogP contribution < -0.4 is 4.74 Å². The van der Waals surface area contributed by atoms with E-state index in [0.29, 0.717) is 0 Å². The maximum Gasteiger partial charge on any atom is 0.341 e. The zero-order valence-electron chi connectivity index (χ0n) is 9.21. The van der Waals surface area contributed by atoms with E-state index in [9.17, 15) is 9.18 Å². The topological polar surface area (TPSA) is 35.5 Å². The van der Waals surface area contributed by atoms with Gasteiger partial charge in [0.15, 0.2) is 11.6 Å². The number of rotatable bonds is 3. The summed E-state index contributed by atoms with van der Waals surface area (Å²) in [5.41, 5.74) is -0.0128. The van der Waals surface area contributed by atoms with E-state index in [-0.39, 0.29) is 22.4 Å². The Balaban J connectivity index is 3.26. The van der Waals surface area contributed by atoms with Gasteiger partial charge in [-0.3, -0.25) is 0 Å². The molecule has 0 saturated heterocycles. The summed E-state index contributed by atoms with van der Waals surface area (Å²) in [7, 11) is 1.21. The molecule has 0 aromatic heterocycles. The van der Waals surface area contributed by atoms with Gasteiger partial charge in [0.2, 0.25) is 0 Å². The van der Waals surface area contributed by atoms with Gasteiger partial charge in [-0.2, -0.15) is 0 Å². The minimum Gasteiger partial charge on any atom is -0.487 e. The number of ether oxygens (including phenoxy) is 2. The van der Waals surface area contributed by atoms with Crippen LogP contribution in [0.3, 0.4) is 0 Å². The molecule has 0 fully saturated rings. The van der Waals surface area contributed by atoms with Crippen molar-refractivity contribution in [1.82, 2.24) is 0 Å². The van der Waals surface area contributed by atoms with Gasteiger partial charge in [0.25, 0.3) is 0 Å². The maximum atomic E-state index is 13.6. The number of carbonyl (C=O) groups is 1. The van der Waals surface area contributed by atoms with Crippen LogP contribution in [0, 0.1) is 5.82 Å². The fourth-order valence-corrected chi connectivity index (χ4v) is 1.38. The molecule has 1 rings (SSSR count). The van der Waals surface area contributed by atoms with Gasteiger partial charge in [-0.1, -0.05) is 11.6 Å². The Labute approximate surface area is 98.1 Å². The highest BCUT2D eigenvalue weighted by Crippen LogP contribution is 2.28. The smallest absolute Gasteiger partial charge is 0.341 e. The molecule has 0 unspecified atom stereocenters. The molecule has 0 aliphatic rings. The van der Waals surface area contributed by atoms with E-state index in [1.54, 1.807) is 13.8 Å². The molecule has 0 amide bonds. The number of methoxy groups -OCH3 is 1. The summed E-state index contributed by atoms with van der Waals surface area (Å²) in [6, 6.07) is 2.40. The summed E-state index contributed by atoms with van der Waals surface area (Å²) in [6.07, 6.45) is -0.251. The number of esters is 1. The van der Waals surface area contributed by atoms with Crippen molar-refractivity contribution in [3.8, 4) is 5.75 Å². The number of benzene rings is 1. The summed E-state index contributed by atoms with van der Waals surface area (Å²) >= 11 is 5.66. The zero-order valence-corrected chi connectivity index (χ0v) is 9.97. The van der Waals surface area contributed by atoms with Gasteiger partial charge in [-0.15, -0.1) is 0 Å². The second-order valence-corrected chi connectivity index (χ2v) is 3.86. The van der Waals surface area contributed by atoms with Gasteiger partial charge in [-0.05, 0) is 26.0 Å². The lowest BCUT2D eigenvalue weighted by molar-refractivity contribution is 0.0593. The fourth-order valence-electron chi connectivity index (χ4n) is 1.18. The van der Waals surface area contributed by atoms with E-state index in [0.717, 1.165) is 6.07 Å². The average molecular weight is 247 g/mol. The van der Waals surface area contributed by atoms with Gasteiger partial charge in [0.1, 0.15) is 5.56 Å². The molecule has 0 aliphatic heterocycles. The van der Waals surface area contributed by atoms with Crippen LogP contribution in [-0.2, 0) is 4.74 Å². The summed E-state index contributed by atoms with van der Waals surface area (Å²) in [5, 5.41) is 0.119. The molecule has 0 heterocycles. The predicted octanol–water partition coefficient (Wildman–Crippen LogP) is 3.05. The standard InChI is InChI=1S/C11H12ClFO3/c1-6(2)16-10-8(11(14)15-3)4-7(12)5-9(10)13/h4-6H,1-3H3. The molecule has 16 heavy (non-hydrogen) atoms. The third-order valence-corrected chi connectivity index (χ3v) is 1.99. The Hall–Kier alpha value is -1.29. The highest BCUT2D eigenvalue weighted by Gasteiger charge is 2.19. The van der Waals surface area contributed by atoms with E-state index in [2.05, 4.69) is 4.74 Å². The first kappa shape index (κ1) is 12.8. The summed E-state index contributed by atoms with van der Waals surface area (Å²) < 4.78 is 23.3. The first-order valence-corrected chi connectivity index (χ1v) is 5.07. The maximum absolute atomic E-state index is 13.6. The van der Waals surface area contributed by atoms with Crippen LogP contribution in [-0.4, -0.2) is 19.2 Å². The Morgan fingerprint density at radius 3 is 2.56 bits per heavy atom. The molecule has 5 heteroatoms. The van der Waals surface area contributed by atoms with Crippen molar-refractivity contribution < 1.29 is 18.7 Å². The number of halogens is 2. The average Bonchev–Trinajstić information content (AvgIpc) is 2.20. The van der Waals surface area contributed by atoms with E-state index in [4.69, 9.17) is 16.3 Å². The molecule has 88 valence electrons. The van der Waals surface area contributed by atoms with Crippen LogP contribution in [0.25, 0.3) is 0 Å². The summed E-state index contributed by atoms with van der Waals surface area (Å²) in [4.78, 5) is 11.4. The van der Waals surface area contributed by atoms with Crippen LogP contribution >= 0.6 is 11.6 Å². The van der Waals surface area contributed by atoms with Gasteiger partial charge in [-0.25, -0.2) is 9.18 Å². The van der Waals surface area contributed by atoms with Crippen molar-refractivity contribution in [3.63, 3.8) is 0 Å². The van der Waals surface area contributed by atoms with Crippen molar-refractivity contribution in [2.75, 3.05) is 7.11 Å². The molecule has 0 N–H and O–H groups in total. The third-order valence-electron chi connectivity index (χ3n) is 1.77. The highest BCUT2D eigenvalue weighted by molar-refractivity contribution is 6.31. The Bertz CT molecular complexity index is 404. The monoisotopic (exact) mass is 246 g/mol. The molecule has 0 atom stereocenters. The van der Waals surface area contributed by atoms with Gasteiger partial charge >= 0.3 is 5.97 Å². The number of hydrogen-bond donors (Lipinski definition) is 0. The summed E-state index contributed by atoms with van der Waals surface area (Å²) in [6.45, 7) is 3.46. The van der Waals surface area contributed by atoms with Gasteiger partial charge in [0.05, 0.1) is 13.2 Å². The number of hydrogen-bond acceptors (Lipinski definition) is 3. The van der Waals surface area contributed by atoms with E-state index in [1.807, 2.05) is 0 Å². The van der Waals surface area contributed by atoms with Crippen LogP contribution in [0.5, 0.6) is 5.75 Å². The van der Waals surface area contributed by atoms with Crippen molar-refractivity contribution in [1.29, 1.82) is 0 Å². The molecule has 0 spiro atoms. The lowest BCUT2D eigenvalue weighted by atomic mass is 10.2. The first-order chi connectivity index (χ1) is 7.45. The van der Waals surface area contributed by atoms with Crippen LogP contribution in [0.2, 0.25) is 5.02 Å². The lowest BCUT2D eigenvalue weighted by Gasteiger charge is -2.14. The molecule has 0 radical (unpaired) electrons. The second kappa shape index (κ2) is 5.16. The minimum atomic E-state index is -0.683. The molecule has 1 aromatic carbocycles.